The SMILES string of the molecule is O=C([O-])Cc1nc(=S)[nH][nH]1.[K+]. The molecule has 5 nitrogen and oxygen atoms in total. The molecule has 0 unspecified atom stereocenters. The van der Waals surface area contributed by atoms with Crippen molar-refractivity contribution in [3.63, 3.8) is 0 Å². The quantitative estimate of drug-likeness (QED) is 0.371. The molecule has 0 atom stereocenters. The van der Waals surface area contributed by atoms with Gasteiger partial charge in [0.05, 0.1) is 0 Å². The Morgan fingerprint density at radius 2 is 2.27 bits per heavy atom. The summed E-state index contributed by atoms with van der Waals surface area (Å²) in [6.07, 6.45) is -0.243. The second-order valence-corrected chi connectivity index (χ2v) is 2.05. The van der Waals surface area contributed by atoms with Crippen molar-refractivity contribution in [2.75, 3.05) is 0 Å². The van der Waals surface area contributed by atoms with Crippen LogP contribution in [0.3, 0.4) is 0 Å². The molecule has 1 aromatic rings. The Morgan fingerprint density at radius 1 is 1.64 bits per heavy atom. The average molecular weight is 197 g/mol. The standard InChI is InChI=1S/C4H5N3O2S.K/c8-3(9)1-2-5-4(10)7-6-2;/h1H2,(H,8,9)(H2,5,6,7,10);/q;+1/p-1. The van der Waals surface area contributed by atoms with Crippen molar-refractivity contribution < 1.29 is 61.3 Å². The Morgan fingerprint density at radius 3 is 2.64 bits per heavy atom. The Hall–Kier alpha value is 0.466. The van der Waals surface area contributed by atoms with Gasteiger partial charge in [-0.2, -0.15) is 0 Å². The maximum atomic E-state index is 9.96. The number of rotatable bonds is 2. The molecular formula is C4H4KN3O2S. The maximum absolute atomic E-state index is 9.96. The Balaban J connectivity index is 0.000001000. The monoisotopic (exact) mass is 197 g/mol. The van der Waals surface area contributed by atoms with Gasteiger partial charge in [0.25, 0.3) is 0 Å². The van der Waals surface area contributed by atoms with Gasteiger partial charge in [0.15, 0.2) is 0 Å². The summed E-state index contributed by atoms with van der Waals surface area (Å²) in [5.74, 6) is -0.900. The molecule has 0 saturated carbocycles. The van der Waals surface area contributed by atoms with Gasteiger partial charge in [-0.3, -0.25) is 10.2 Å². The van der Waals surface area contributed by atoms with E-state index in [1.54, 1.807) is 0 Å². The number of nitrogens with zero attached hydrogens (tertiary/aromatic N) is 1. The number of nitrogens with one attached hydrogen (secondary N) is 2. The number of carbonyl (C=O) groups is 1. The summed E-state index contributed by atoms with van der Waals surface area (Å²) in [5.41, 5.74) is 0. The molecule has 54 valence electrons. The van der Waals surface area contributed by atoms with Crippen molar-refractivity contribution in [3.05, 3.63) is 10.6 Å². The first kappa shape index (κ1) is 11.5. The topological polar surface area (TPSA) is 84.6 Å². The molecule has 0 aliphatic carbocycles. The molecule has 0 fully saturated rings. The zero-order chi connectivity index (χ0) is 7.56. The van der Waals surface area contributed by atoms with E-state index in [2.05, 4.69) is 27.4 Å². The smallest absolute Gasteiger partial charge is 0.550 e. The van der Waals surface area contributed by atoms with Crippen LogP contribution in [0, 0.1) is 4.77 Å². The van der Waals surface area contributed by atoms with E-state index in [-0.39, 0.29) is 68.4 Å². The van der Waals surface area contributed by atoms with Crippen LogP contribution < -0.4 is 56.5 Å². The predicted molar refractivity (Wildman–Crippen MR) is 32.5 cm³/mol. The summed E-state index contributed by atoms with van der Waals surface area (Å²) in [5, 5.41) is 14.9. The molecule has 0 amide bonds. The fourth-order valence-corrected chi connectivity index (χ4v) is 0.686. The molecule has 0 bridgehead atoms. The second kappa shape index (κ2) is 5.17. The van der Waals surface area contributed by atoms with Gasteiger partial charge >= 0.3 is 51.4 Å². The minimum absolute atomic E-state index is 0. The number of carboxylic acid groups (broad SMARTS) is 1. The normalized spacial score (nSPS) is 8.73. The van der Waals surface area contributed by atoms with Crippen LogP contribution in [-0.2, 0) is 11.2 Å². The Labute approximate surface area is 110 Å². The van der Waals surface area contributed by atoms with Crippen molar-refractivity contribution in [3.8, 4) is 0 Å². The molecule has 11 heavy (non-hydrogen) atoms. The van der Waals surface area contributed by atoms with E-state index < -0.39 is 5.97 Å². The molecule has 1 aromatic heterocycles. The van der Waals surface area contributed by atoms with Crippen LogP contribution >= 0.6 is 12.2 Å². The summed E-state index contributed by atoms with van der Waals surface area (Å²) < 4.78 is 0.247. The third-order valence-corrected chi connectivity index (χ3v) is 1.06. The first-order valence-electron chi connectivity index (χ1n) is 2.52. The van der Waals surface area contributed by atoms with Crippen LogP contribution in [-0.4, -0.2) is 21.2 Å². The fourth-order valence-electron chi connectivity index (χ4n) is 0.525. The largest absolute Gasteiger partial charge is 1.00 e. The van der Waals surface area contributed by atoms with E-state index in [4.69, 9.17) is 0 Å². The summed E-state index contributed by atoms with van der Waals surface area (Å²) in [7, 11) is 0. The summed E-state index contributed by atoms with van der Waals surface area (Å²) in [6.45, 7) is 0. The van der Waals surface area contributed by atoms with Crippen LogP contribution in [0.1, 0.15) is 5.82 Å². The van der Waals surface area contributed by atoms with Gasteiger partial charge in [0.2, 0.25) is 4.77 Å². The number of aromatic nitrogens is 3. The van der Waals surface area contributed by atoms with Gasteiger partial charge in [-0.1, -0.05) is 0 Å². The minimum atomic E-state index is -1.18. The van der Waals surface area contributed by atoms with E-state index in [0.29, 0.717) is 0 Å². The van der Waals surface area contributed by atoms with Crippen LogP contribution in [0.25, 0.3) is 0 Å². The number of aliphatic carboxylic acids is 1. The van der Waals surface area contributed by atoms with Crippen LogP contribution in [0.4, 0.5) is 0 Å². The summed E-state index contributed by atoms with van der Waals surface area (Å²) in [4.78, 5) is 13.6. The van der Waals surface area contributed by atoms with Gasteiger partial charge in [0.1, 0.15) is 5.82 Å². The van der Waals surface area contributed by atoms with E-state index in [0.717, 1.165) is 0 Å². The third-order valence-electron chi connectivity index (χ3n) is 0.862. The van der Waals surface area contributed by atoms with Crippen molar-refractivity contribution in [2.45, 2.75) is 6.42 Å². The summed E-state index contributed by atoms with van der Waals surface area (Å²) >= 11 is 4.57. The van der Waals surface area contributed by atoms with Crippen LogP contribution in [0.2, 0.25) is 0 Å². The fraction of sp³-hybridized carbons (Fsp3) is 0.250. The maximum Gasteiger partial charge on any atom is 1.00 e. The van der Waals surface area contributed by atoms with Crippen molar-refractivity contribution in [2.24, 2.45) is 0 Å². The Bertz CT molecular complexity index is 294. The summed E-state index contributed by atoms with van der Waals surface area (Å²) in [6, 6.07) is 0. The number of H-pyrrole nitrogens is 2. The van der Waals surface area contributed by atoms with Crippen molar-refractivity contribution >= 4 is 18.2 Å². The second-order valence-electron chi connectivity index (χ2n) is 1.66. The van der Waals surface area contributed by atoms with Crippen molar-refractivity contribution in [1.29, 1.82) is 0 Å². The number of hydrogen-bond donors (Lipinski definition) is 2. The molecule has 7 heteroatoms. The molecular weight excluding hydrogens is 193 g/mol. The molecule has 0 aliphatic rings. The first-order chi connectivity index (χ1) is 4.68. The first-order valence-corrected chi connectivity index (χ1v) is 2.92. The third kappa shape index (κ3) is 4.14. The number of hydrogen-bond acceptors (Lipinski definition) is 4. The van der Waals surface area contributed by atoms with Crippen LogP contribution in [0.15, 0.2) is 0 Å². The predicted octanol–water partition coefficient (Wildman–Crippen LogP) is -4.24. The van der Waals surface area contributed by atoms with E-state index in [9.17, 15) is 9.90 Å². The molecule has 0 spiro atoms. The zero-order valence-corrected chi connectivity index (χ0v) is 9.82. The van der Waals surface area contributed by atoms with Gasteiger partial charge in [-0.25, -0.2) is 4.98 Å². The van der Waals surface area contributed by atoms with Gasteiger partial charge in [-0.15, -0.1) is 0 Å². The number of carbonyl (C=O) groups excluding carboxylic acids is 1. The van der Waals surface area contributed by atoms with Crippen molar-refractivity contribution in [1.82, 2.24) is 15.2 Å². The van der Waals surface area contributed by atoms with Gasteiger partial charge < -0.3 is 9.90 Å². The van der Waals surface area contributed by atoms with E-state index >= 15 is 0 Å². The average Bonchev–Trinajstić information content (AvgIpc) is 2.13. The molecule has 1 heterocycles. The molecule has 0 aliphatic heterocycles. The zero-order valence-electron chi connectivity index (χ0n) is 5.88. The van der Waals surface area contributed by atoms with Gasteiger partial charge in [-0.05, 0) is 12.2 Å². The molecule has 0 saturated heterocycles. The molecule has 2 N–H and O–H groups in total. The van der Waals surface area contributed by atoms with E-state index in [1.807, 2.05) is 0 Å². The molecule has 0 radical (unpaired) electrons. The van der Waals surface area contributed by atoms with E-state index in [1.165, 1.54) is 0 Å². The molecule has 1 rings (SSSR count). The van der Waals surface area contributed by atoms with Crippen LogP contribution in [0.5, 0.6) is 0 Å². The Kier molecular flexibility index (Phi) is 5.39. The van der Waals surface area contributed by atoms with Gasteiger partial charge in [0, 0.05) is 12.4 Å². The number of carboxylic acids is 1. The number of aromatic amines is 2. The molecule has 0 aromatic carbocycles. The minimum Gasteiger partial charge on any atom is -0.550 e.